The van der Waals surface area contributed by atoms with Crippen LogP contribution < -0.4 is 4.74 Å². The predicted octanol–water partition coefficient (Wildman–Crippen LogP) is 4.53. The lowest BCUT2D eigenvalue weighted by molar-refractivity contribution is -0.137. The molecule has 0 fully saturated rings. The van der Waals surface area contributed by atoms with Crippen molar-refractivity contribution in [3.63, 3.8) is 0 Å². The Morgan fingerprint density at radius 2 is 2.08 bits per heavy atom. The average Bonchev–Trinajstić information content (AvgIpc) is 2.65. The molecule has 3 rings (SSSR count). The zero-order valence-corrected chi connectivity index (χ0v) is 14.3. The topological polar surface area (TPSA) is 48.4 Å². The molecule has 0 unspecified atom stereocenters. The molecule has 0 amide bonds. The lowest BCUT2D eigenvalue weighted by Gasteiger charge is -2.08. The SMILES string of the molecule is CCOC(=O)/C=C/c1ccc(COc2ccc3cccnc3c2)cc1F. The number of pyridine rings is 1. The Labute approximate surface area is 150 Å². The zero-order valence-electron chi connectivity index (χ0n) is 14.3. The van der Waals surface area contributed by atoms with Gasteiger partial charge < -0.3 is 9.47 Å². The first-order valence-electron chi connectivity index (χ1n) is 8.26. The number of esters is 1. The number of fused-ring (bicyclic) bond motifs is 1. The van der Waals surface area contributed by atoms with E-state index in [-0.39, 0.29) is 13.2 Å². The van der Waals surface area contributed by atoms with Gasteiger partial charge >= 0.3 is 5.97 Å². The zero-order chi connectivity index (χ0) is 18.4. The van der Waals surface area contributed by atoms with Crippen LogP contribution >= 0.6 is 0 Å². The number of nitrogens with zero attached hydrogens (tertiary/aromatic N) is 1. The van der Waals surface area contributed by atoms with Gasteiger partial charge in [0.25, 0.3) is 0 Å². The second-order valence-electron chi connectivity index (χ2n) is 5.59. The molecule has 0 radical (unpaired) electrons. The molecular weight excluding hydrogens is 333 g/mol. The van der Waals surface area contributed by atoms with Crippen molar-refractivity contribution >= 4 is 22.9 Å². The highest BCUT2D eigenvalue weighted by Gasteiger charge is 2.04. The van der Waals surface area contributed by atoms with Crippen molar-refractivity contribution in [2.24, 2.45) is 0 Å². The van der Waals surface area contributed by atoms with Crippen molar-refractivity contribution in [3.05, 3.63) is 77.7 Å². The highest BCUT2D eigenvalue weighted by molar-refractivity contribution is 5.87. The lowest BCUT2D eigenvalue weighted by Crippen LogP contribution is -1.99. The van der Waals surface area contributed by atoms with Gasteiger partial charge in [0.2, 0.25) is 0 Å². The summed E-state index contributed by atoms with van der Waals surface area (Å²) < 4.78 is 24.6. The Balaban J connectivity index is 1.66. The number of hydrogen-bond donors (Lipinski definition) is 0. The third-order valence-electron chi connectivity index (χ3n) is 3.73. The van der Waals surface area contributed by atoms with Gasteiger partial charge in [-0.3, -0.25) is 4.98 Å². The minimum absolute atomic E-state index is 0.233. The molecule has 26 heavy (non-hydrogen) atoms. The van der Waals surface area contributed by atoms with Gasteiger partial charge in [0, 0.05) is 29.3 Å². The number of benzene rings is 2. The first-order chi connectivity index (χ1) is 12.7. The summed E-state index contributed by atoms with van der Waals surface area (Å²) in [6, 6.07) is 14.2. The Morgan fingerprint density at radius 1 is 1.19 bits per heavy atom. The average molecular weight is 351 g/mol. The molecule has 132 valence electrons. The molecule has 0 atom stereocenters. The van der Waals surface area contributed by atoms with Crippen molar-refractivity contribution in [1.29, 1.82) is 0 Å². The molecule has 0 aliphatic rings. The van der Waals surface area contributed by atoms with E-state index in [9.17, 15) is 9.18 Å². The molecule has 0 aliphatic carbocycles. The van der Waals surface area contributed by atoms with E-state index in [2.05, 4.69) is 4.98 Å². The van der Waals surface area contributed by atoms with E-state index >= 15 is 0 Å². The minimum Gasteiger partial charge on any atom is -0.489 e. The van der Waals surface area contributed by atoms with Crippen molar-refractivity contribution < 1.29 is 18.7 Å². The molecule has 1 aromatic heterocycles. The van der Waals surface area contributed by atoms with Crippen LogP contribution in [0.1, 0.15) is 18.1 Å². The standard InChI is InChI=1S/C21H18FNO3/c1-2-25-21(24)10-8-16-6-5-15(12-19(16)22)14-26-18-9-7-17-4-3-11-23-20(17)13-18/h3-13H,2,14H2,1H3/b10-8+. The minimum atomic E-state index is -0.496. The Bertz CT molecular complexity index is 953. The number of carbonyl (C=O) groups is 1. The van der Waals surface area contributed by atoms with Gasteiger partial charge in [0.1, 0.15) is 18.2 Å². The molecule has 3 aromatic rings. The first-order valence-corrected chi connectivity index (χ1v) is 8.26. The fourth-order valence-electron chi connectivity index (χ4n) is 2.45. The number of carbonyl (C=O) groups excluding carboxylic acids is 1. The van der Waals surface area contributed by atoms with Gasteiger partial charge in [-0.2, -0.15) is 0 Å². The normalized spacial score (nSPS) is 11.0. The maximum absolute atomic E-state index is 14.2. The van der Waals surface area contributed by atoms with Gasteiger partial charge in [0.15, 0.2) is 0 Å². The summed E-state index contributed by atoms with van der Waals surface area (Å²) in [5.74, 6) is -0.251. The van der Waals surface area contributed by atoms with Crippen LogP contribution in [-0.2, 0) is 16.1 Å². The number of hydrogen-bond acceptors (Lipinski definition) is 4. The van der Waals surface area contributed by atoms with E-state index in [1.165, 1.54) is 18.2 Å². The van der Waals surface area contributed by atoms with Crippen LogP contribution in [0.15, 0.2) is 60.8 Å². The molecule has 0 saturated heterocycles. The van der Waals surface area contributed by atoms with E-state index in [0.29, 0.717) is 16.9 Å². The van der Waals surface area contributed by atoms with Crippen molar-refractivity contribution in [2.45, 2.75) is 13.5 Å². The number of aromatic nitrogens is 1. The molecule has 4 nitrogen and oxygen atoms in total. The largest absolute Gasteiger partial charge is 0.489 e. The highest BCUT2D eigenvalue weighted by Crippen LogP contribution is 2.20. The van der Waals surface area contributed by atoms with Crippen LogP contribution in [0.4, 0.5) is 4.39 Å². The quantitative estimate of drug-likeness (QED) is 0.484. The second kappa shape index (κ2) is 8.25. The molecular formula is C21H18FNO3. The van der Waals surface area contributed by atoms with Crippen LogP contribution in [0.5, 0.6) is 5.75 Å². The summed E-state index contributed by atoms with van der Waals surface area (Å²) in [6.45, 7) is 2.23. The van der Waals surface area contributed by atoms with Crippen LogP contribution in [0.3, 0.4) is 0 Å². The van der Waals surface area contributed by atoms with Crippen LogP contribution in [-0.4, -0.2) is 17.6 Å². The van der Waals surface area contributed by atoms with Gasteiger partial charge in [-0.15, -0.1) is 0 Å². The molecule has 0 saturated carbocycles. The van der Waals surface area contributed by atoms with Crippen LogP contribution in [0.25, 0.3) is 17.0 Å². The summed E-state index contributed by atoms with van der Waals surface area (Å²) in [4.78, 5) is 15.6. The van der Waals surface area contributed by atoms with Crippen molar-refractivity contribution in [3.8, 4) is 5.75 Å². The number of rotatable bonds is 6. The number of halogens is 1. The van der Waals surface area contributed by atoms with E-state index in [0.717, 1.165) is 10.9 Å². The van der Waals surface area contributed by atoms with Gasteiger partial charge in [-0.25, -0.2) is 9.18 Å². The fraction of sp³-hybridized carbons (Fsp3) is 0.143. The molecule has 2 aromatic carbocycles. The third-order valence-corrected chi connectivity index (χ3v) is 3.73. The van der Waals surface area contributed by atoms with Gasteiger partial charge in [-0.1, -0.05) is 18.2 Å². The van der Waals surface area contributed by atoms with Crippen LogP contribution in [0, 0.1) is 5.82 Å². The smallest absolute Gasteiger partial charge is 0.330 e. The van der Waals surface area contributed by atoms with Crippen molar-refractivity contribution in [2.75, 3.05) is 6.61 Å². The Hall–Kier alpha value is -3.21. The lowest BCUT2D eigenvalue weighted by atomic mass is 10.1. The molecule has 0 spiro atoms. The maximum Gasteiger partial charge on any atom is 0.330 e. The molecule has 5 heteroatoms. The monoisotopic (exact) mass is 351 g/mol. The second-order valence-corrected chi connectivity index (χ2v) is 5.59. The van der Waals surface area contributed by atoms with E-state index in [1.54, 1.807) is 25.3 Å². The summed E-state index contributed by atoms with van der Waals surface area (Å²) in [5, 5.41) is 1.03. The fourth-order valence-corrected chi connectivity index (χ4v) is 2.45. The molecule has 0 N–H and O–H groups in total. The summed E-state index contributed by atoms with van der Waals surface area (Å²) in [7, 11) is 0. The third kappa shape index (κ3) is 4.45. The van der Waals surface area contributed by atoms with Crippen LogP contribution in [0.2, 0.25) is 0 Å². The first kappa shape index (κ1) is 17.6. The summed E-state index contributed by atoms with van der Waals surface area (Å²) in [6.07, 6.45) is 4.33. The Kier molecular flexibility index (Phi) is 5.59. The highest BCUT2D eigenvalue weighted by atomic mass is 19.1. The maximum atomic E-state index is 14.2. The molecule has 1 heterocycles. The Morgan fingerprint density at radius 3 is 2.88 bits per heavy atom. The molecule has 0 bridgehead atoms. The van der Waals surface area contributed by atoms with E-state index in [4.69, 9.17) is 9.47 Å². The van der Waals surface area contributed by atoms with E-state index < -0.39 is 11.8 Å². The van der Waals surface area contributed by atoms with Gasteiger partial charge in [0.05, 0.1) is 12.1 Å². The summed E-state index contributed by atoms with van der Waals surface area (Å²) >= 11 is 0. The van der Waals surface area contributed by atoms with E-state index in [1.807, 2.05) is 30.3 Å². The number of ether oxygens (including phenoxy) is 2. The van der Waals surface area contributed by atoms with Gasteiger partial charge in [-0.05, 0) is 42.8 Å². The predicted molar refractivity (Wildman–Crippen MR) is 98.1 cm³/mol. The van der Waals surface area contributed by atoms with Crippen molar-refractivity contribution in [1.82, 2.24) is 4.98 Å². The summed E-state index contributed by atoms with van der Waals surface area (Å²) in [5.41, 5.74) is 1.85. The molecule has 0 aliphatic heterocycles.